The summed E-state index contributed by atoms with van der Waals surface area (Å²) in [6.07, 6.45) is 7.73. The largest absolute Gasteiger partial charge is 0.317 e. The molecule has 5 aromatic rings. The second-order valence-electron chi connectivity index (χ2n) is 6.49. The van der Waals surface area contributed by atoms with Gasteiger partial charge in [0.05, 0.1) is 11.0 Å². The standard InChI is InChI=1S/C22H17N3O/c26-22-21-23-13-14-25(21)20-18(12-6-9-15-7-2-1-3-8-15)16-10-4-5-11-17(16)19(20)24-22/h1-5,7-8,10-14H,6,9H2,(H,24,26). The average Bonchev–Trinajstić information content (AvgIpc) is 3.27. The number of aromatic nitrogens is 3. The van der Waals surface area contributed by atoms with E-state index in [1.165, 1.54) is 5.56 Å². The number of H-pyrrole nitrogens is 1. The molecule has 0 unspecified atom stereocenters. The normalized spacial score (nSPS) is 12.5. The van der Waals surface area contributed by atoms with Gasteiger partial charge in [0.2, 0.25) is 5.65 Å². The molecule has 0 spiro atoms. The van der Waals surface area contributed by atoms with Crippen molar-refractivity contribution < 1.29 is 0 Å². The molecule has 0 aliphatic heterocycles. The molecule has 1 N–H and O–H groups in total. The minimum Gasteiger partial charge on any atom is -0.317 e. The Kier molecular flexibility index (Phi) is 3.35. The number of aryl methyl sites for hydroxylation is 1. The Balaban J connectivity index is 1.78. The second kappa shape index (κ2) is 5.85. The highest BCUT2D eigenvalue weighted by molar-refractivity contribution is 6.09. The van der Waals surface area contributed by atoms with Crippen molar-refractivity contribution in [3.8, 4) is 0 Å². The lowest BCUT2D eigenvalue weighted by Gasteiger charge is -1.99. The Bertz CT molecular complexity index is 1350. The average molecular weight is 339 g/mol. The topological polar surface area (TPSA) is 50.2 Å². The maximum absolute atomic E-state index is 12.4. The fourth-order valence-corrected chi connectivity index (χ4v) is 3.76. The first kappa shape index (κ1) is 14.9. The molecule has 5 rings (SSSR count). The van der Waals surface area contributed by atoms with Crippen molar-refractivity contribution in [3.63, 3.8) is 0 Å². The first-order chi connectivity index (χ1) is 12.8. The van der Waals surface area contributed by atoms with Crippen LogP contribution in [0.1, 0.15) is 12.0 Å². The third-order valence-corrected chi connectivity index (χ3v) is 4.93. The zero-order valence-electron chi connectivity index (χ0n) is 14.1. The van der Waals surface area contributed by atoms with E-state index in [1.807, 2.05) is 28.8 Å². The lowest BCUT2D eigenvalue weighted by molar-refractivity contribution is 1.04. The number of imidazole rings is 1. The highest BCUT2D eigenvalue weighted by Crippen LogP contribution is 2.22. The molecule has 0 radical (unpaired) electrons. The highest BCUT2D eigenvalue weighted by Gasteiger charge is 2.13. The zero-order valence-corrected chi connectivity index (χ0v) is 14.1. The summed E-state index contributed by atoms with van der Waals surface area (Å²) in [6, 6.07) is 18.7. The summed E-state index contributed by atoms with van der Waals surface area (Å²) in [5.74, 6) is 0. The number of hydrogen-bond donors (Lipinski definition) is 1. The molecule has 0 saturated carbocycles. The van der Waals surface area contributed by atoms with Gasteiger partial charge in [-0.2, -0.15) is 0 Å². The van der Waals surface area contributed by atoms with Crippen LogP contribution < -0.4 is 10.8 Å². The van der Waals surface area contributed by atoms with Gasteiger partial charge in [0, 0.05) is 23.0 Å². The van der Waals surface area contributed by atoms with Crippen LogP contribution in [0.4, 0.5) is 0 Å². The maximum Gasteiger partial charge on any atom is 0.292 e. The summed E-state index contributed by atoms with van der Waals surface area (Å²) >= 11 is 0. The lowest BCUT2D eigenvalue weighted by Crippen LogP contribution is -2.13. The monoisotopic (exact) mass is 339 g/mol. The van der Waals surface area contributed by atoms with E-state index >= 15 is 0 Å². The Morgan fingerprint density at radius 1 is 1.00 bits per heavy atom. The molecule has 2 aromatic heterocycles. The van der Waals surface area contributed by atoms with Crippen LogP contribution in [0, 0.1) is 0 Å². The molecule has 2 heterocycles. The van der Waals surface area contributed by atoms with Crippen LogP contribution in [-0.4, -0.2) is 14.4 Å². The molecular formula is C22H17N3O. The molecular weight excluding hydrogens is 322 g/mol. The van der Waals surface area contributed by atoms with E-state index < -0.39 is 0 Å². The van der Waals surface area contributed by atoms with Gasteiger partial charge in [0.1, 0.15) is 0 Å². The Morgan fingerprint density at radius 3 is 2.62 bits per heavy atom. The second-order valence-corrected chi connectivity index (χ2v) is 6.49. The summed E-state index contributed by atoms with van der Waals surface area (Å²) in [7, 11) is 0. The van der Waals surface area contributed by atoms with Crippen molar-refractivity contribution in [2.45, 2.75) is 12.8 Å². The van der Waals surface area contributed by atoms with Crippen LogP contribution in [0.25, 0.3) is 33.5 Å². The van der Waals surface area contributed by atoms with E-state index in [2.05, 4.69) is 52.4 Å². The molecule has 26 heavy (non-hydrogen) atoms. The fourth-order valence-electron chi connectivity index (χ4n) is 3.76. The smallest absolute Gasteiger partial charge is 0.292 e. The predicted octanol–water partition coefficient (Wildman–Crippen LogP) is 3.46. The molecule has 0 aliphatic rings. The first-order valence-electron chi connectivity index (χ1n) is 8.76. The minimum atomic E-state index is -0.158. The van der Waals surface area contributed by atoms with Crippen molar-refractivity contribution in [3.05, 3.63) is 88.1 Å². The number of fused-ring (bicyclic) bond motifs is 5. The van der Waals surface area contributed by atoms with Crippen molar-refractivity contribution in [1.82, 2.24) is 14.4 Å². The summed E-state index contributed by atoms with van der Waals surface area (Å²) < 4.78 is 1.91. The van der Waals surface area contributed by atoms with E-state index in [0.29, 0.717) is 5.65 Å². The van der Waals surface area contributed by atoms with Gasteiger partial charge < -0.3 is 4.98 Å². The van der Waals surface area contributed by atoms with Gasteiger partial charge in [0.15, 0.2) is 0 Å². The van der Waals surface area contributed by atoms with Gasteiger partial charge >= 0.3 is 0 Å². The molecule has 0 aliphatic carbocycles. The lowest BCUT2D eigenvalue weighted by atomic mass is 10.1. The number of nitrogens with zero attached hydrogens (tertiary/aromatic N) is 2. The predicted molar refractivity (Wildman–Crippen MR) is 105 cm³/mol. The van der Waals surface area contributed by atoms with Crippen LogP contribution in [0.3, 0.4) is 0 Å². The summed E-state index contributed by atoms with van der Waals surface area (Å²) in [4.78, 5) is 19.6. The number of aromatic amines is 1. The molecule has 0 saturated heterocycles. The molecule has 0 atom stereocenters. The van der Waals surface area contributed by atoms with Gasteiger partial charge in [-0.15, -0.1) is 0 Å². The third-order valence-electron chi connectivity index (χ3n) is 4.93. The van der Waals surface area contributed by atoms with Gasteiger partial charge in [-0.1, -0.05) is 60.7 Å². The van der Waals surface area contributed by atoms with Crippen LogP contribution in [0.2, 0.25) is 0 Å². The maximum atomic E-state index is 12.4. The number of nitrogens with one attached hydrogen (secondary N) is 1. The Hall–Kier alpha value is -3.40. The van der Waals surface area contributed by atoms with Gasteiger partial charge in [-0.3, -0.25) is 9.20 Å². The molecule has 3 aromatic carbocycles. The molecule has 0 amide bonds. The summed E-state index contributed by atoms with van der Waals surface area (Å²) in [5.41, 5.74) is 3.50. The quantitative estimate of drug-likeness (QED) is 0.547. The van der Waals surface area contributed by atoms with E-state index in [1.54, 1.807) is 6.20 Å². The SMILES string of the molecule is O=c1[nH]c2c3ccccc3c(=CCCc3ccccc3)c2n2ccnc12. The van der Waals surface area contributed by atoms with Gasteiger partial charge in [-0.25, -0.2) is 4.98 Å². The Morgan fingerprint density at radius 2 is 1.77 bits per heavy atom. The fraction of sp³-hybridized carbons (Fsp3) is 0.0909. The van der Waals surface area contributed by atoms with E-state index in [4.69, 9.17) is 0 Å². The molecule has 4 heteroatoms. The van der Waals surface area contributed by atoms with Gasteiger partial charge in [-0.05, 0) is 23.8 Å². The Labute approximate surface area is 149 Å². The van der Waals surface area contributed by atoms with E-state index in [9.17, 15) is 4.79 Å². The number of benzene rings is 2. The van der Waals surface area contributed by atoms with Crippen LogP contribution >= 0.6 is 0 Å². The van der Waals surface area contributed by atoms with Crippen LogP contribution in [0.15, 0.2) is 71.8 Å². The van der Waals surface area contributed by atoms with Crippen molar-refractivity contribution in [1.29, 1.82) is 0 Å². The first-order valence-corrected chi connectivity index (χ1v) is 8.76. The van der Waals surface area contributed by atoms with E-state index in [-0.39, 0.29) is 5.56 Å². The molecule has 4 nitrogen and oxygen atoms in total. The molecule has 126 valence electrons. The zero-order chi connectivity index (χ0) is 17.5. The highest BCUT2D eigenvalue weighted by atomic mass is 16.1. The summed E-state index contributed by atoms with van der Waals surface area (Å²) in [5, 5.41) is 3.39. The number of hydrogen-bond acceptors (Lipinski definition) is 2. The minimum absolute atomic E-state index is 0.158. The van der Waals surface area contributed by atoms with Crippen LogP contribution in [-0.2, 0) is 6.42 Å². The van der Waals surface area contributed by atoms with E-state index in [0.717, 1.165) is 39.9 Å². The van der Waals surface area contributed by atoms with Crippen molar-refractivity contribution in [2.75, 3.05) is 0 Å². The molecule has 0 fully saturated rings. The van der Waals surface area contributed by atoms with Crippen LogP contribution in [0.5, 0.6) is 0 Å². The third kappa shape index (κ3) is 2.23. The molecule has 0 bridgehead atoms. The number of rotatable bonds is 3. The summed E-state index contributed by atoms with van der Waals surface area (Å²) in [6.45, 7) is 0. The van der Waals surface area contributed by atoms with Crippen molar-refractivity contribution in [2.24, 2.45) is 0 Å². The van der Waals surface area contributed by atoms with Crippen molar-refractivity contribution >= 4 is 33.5 Å². The van der Waals surface area contributed by atoms with Gasteiger partial charge in [0.25, 0.3) is 5.56 Å².